The largest absolute Gasteiger partial charge is 0.465 e. The number of hydrogen-bond acceptors (Lipinski definition) is 3. The molecule has 0 heterocycles. The predicted molar refractivity (Wildman–Crippen MR) is 92.0 cm³/mol. The van der Waals surface area contributed by atoms with E-state index in [-0.39, 0.29) is 0 Å². The van der Waals surface area contributed by atoms with Gasteiger partial charge < -0.3 is 10.1 Å². The number of methoxy groups -OCH3 is 1. The van der Waals surface area contributed by atoms with Crippen molar-refractivity contribution in [3.63, 3.8) is 0 Å². The van der Waals surface area contributed by atoms with E-state index in [1.807, 2.05) is 30.3 Å². The zero-order valence-corrected chi connectivity index (χ0v) is 15.0. The van der Waals surface area contributed by atoms with E-state index in [2.05, 4.69) is 37.2 Å². The topological polar surface area (TPSA) is 38.3 Å². The van der Waals surface area contributed by atoms with E-state index in [4.69, 9.17) is 16.3 Å². The van der Waals surface area contributed by atoms with E-state index < -0.39 is 5.97 Å². The van der Waals surface area contributed by atoms with Crippen molar-refractivity contribution < 1.29 is 9.53 Å². The molecule has 0 unspecified atom stereocenters. The molecule has 0 aromatic heterocycles. The second-order valence-electron chi connectivity index (χ2n) is 4.29. The van der Waals surface area contributed by atoms with E-state index in [1.54, 1.807) is 6.07 Å². The molecule has 2 aromatic carbocycles. The molecule has 21 heavy (non-hydrogen) atoms. The van der Waals surface area contributed by atoms with Gasteiger partial charge in [-0.25, -0.2) is 4.79 Å². The number of rotatable bonds is 4. The molecule has 1 N–H and O–H groups in total. The molecule has 3 nitrogen and oxygen atoms in total. The molecule has 0 spiro atoms. The van der Waals surface area contributed by atoms with Gasteiger partial charge in [-0.2, -0.15) is 0 Å². The van der Waals surface area contributed by atoms with Crippen molar-refractivity contribution in [2.45, 2.75) is 6.54 Å². The molecule has 0 saturated carbocycles. The first-order valence-electron chi connectivity index (χ1n) is 6.07. The lowest BCUT2D eigenvalue weighted by Crippen LogP contribution is -2.09. The van der Waals surface area contributed by atoms with Gasteiger partial charge in [0, 0.05) is 20.5 Å². The first kappa shape index (κ1) is 16.3. The minimum atomic E-state index is -0.398. The molecule has 0 amide bonds. The van der Waals surface area contributed by atoms with Crippen molar-refractivity contribution >= 4 is 55.1 Å². The Labute approximate surface area is 144 Å². The number of hydrogen-bond donors (Lipinski definition) is 1. The highest BCUT2D eigenvalue weighted by Gasteiger charge is 2.16. The number of nitrogens with one attached hydrogen (secondary N) is 1. The number of benzene rings is 2. The Morgan fingerprint density at radius 3 is 2.71 bits per heavy atom. The summed E-state index contributed by atoms with van der Waals surface area (Å²) in [5, 5.41) is 3.92. The number of halogens is 3. The summed E-state index contributed by atoms with van der Waals surface area (Å²) < 4.78 is 6.39. The molecule has 0 fully saturated rings. The van der Waals surface area contributed by atoms with Crippen LogP contribution in [0.3, 0.4) is 0 Å². The molecule has 6 heteroatoms. The molecule has 0 aliphatic rings. The number of esters is 1. The van der Waals surface area contributed by atoms with E-state index >= 15 is 0 Å². The van der Waals surface area contributed by atoms with Crippen LogP contribution in [0.4, 0.5) is 5.69 Å². The first-order chi connectivity index (χ1) is 10.0. The van der Waals surface area contributed by atoms with Crippen molar-refractivity contribution in [3.8, 4) is 0 Å². The highest BCUT2D eigenvalue weighted by Crippen LogP contribution is 2.31. The molecule has 2 aromatic rings. The first-order valence-corrected chi connectivity index (χ1v) is 8.03. The van der Waals surface area contributed by atoms with Gasteiger partial charge >= 0.3 is 5.97 Å². The maximum absolute atomic E-state index is 11.9. The molecule has 2 rings (SSSR count). The summed E-state index contributed by atoms with van der Waals surface area (Å²) in [6.45, 7) is 0.546. The van der Waals surface area contributed by atoms with Gasteiger partial charge in [-0.1, -0.05) is 39.7 Å². The average Bonchev–Trinajstić information content (AvgIpc) is 2.45. The van der Waals surface area contributed by atoms with Crippen molar-refractivity contribution in [2.75, 3.05) is 12.4 Å². The molecule has 0 radical (unpaired) electrons. The van der Waals surface area contributed by atoms with E-state index in [1.165, 1.54) is 7.11 Å². The Bertz CT molecular complexity index is 677. The lowest BCUT2D eigenvalue weighted by molar-refractivity contribution is 0.0601. The van der Waals surface area contributed by atoms with Gasteiger partial charge in [0.25, 0.3) is 0 Å². The van der Waals surface area contributed by atoms with Crippen LogP contribution < -0.4 is 5.32 Å². The molecule has 110 valence electrons. The average molecular weight is 434 g/mol. The Morgan fingerprint density at radius 1 is 1.29 bits per heavy atom. The zero-order chi connectivity index (χ0) is 15.4. The Morgan fingerprint density at radius 2 is 2.05 bits per heavy atom. The second-order valence-corrected chi connectivity index (χ2v) is 6.49. The maximum atomic E-state index is 11.9. The third kappa shape index (κ3) is 4.22. The monoisotopic (exact) mass is 431 g/mol. The fraction of sp³-hybridized carbons (Fsp3) is 0.133. The highest BCUT2D eigenvalue weighted by molar-refractivity contribution is 9.11. The second kappa shape index (κ2) is 7.29. The van der Waals surface area contributed by atoms with Gasteiger partial charge in [0.1, 0.15) is 0 Å². The van der Waals surface area contributed by atoms with Crippen molar-refractivity contribution in [1.29, 1.82) is 0 Å². The summed E-state index contributed by atoms with van der Waals surface area (Å²) in [5.41, 5.74) is 2.17. The van der Waals surface area contributed by atoms with Crippen LogP contribution >= 0.6 is 43.5 Å². The van der Waals surface area contributed by atoms with Crippen molar-refractivity contribution in [3.05, 3.63) is 61.5 Å². The molecular formula is C15H12Br2ClNO2. The van der Waals surface area contributed by atoms with Crippen LogP contribution in [0.25, 0.3) is 0 Å². The van der Waals surface area contributed by atoms with Crippen molar-refractivity contribution in [2.24, 2.45) is 0 Å². The Balaban J connectivity index is 2.28. The van der Waals surface area contributed by atoms with Gasteiger partial charge in [0.15, 0.2) is 0 Å². The summed E-state index contributed by atoms with van der Waals surface area (Å²) >= 11 is 12.8. The minimum Gasteiger partial charge on any atom is -0.465 e. The van der Waals surface area contributed by atoms with Crippen LogP contribution in [0.1, 0.15) is 15.9 Å². The summed E-state index contributed by atoms with van der Waals surface area (Å²) in [7, 11) is 1.36. The number of carbonyl (C=O) groups excluding carboxylic acids is 1. The summed E-state index contributed by atoms with van der Waals surface area (Å²) in [4.78, 5) is 11.9. The normalized spacial score (nSPS) is 10.3. The zero-order valence-electron chi connectivity index (χ0n) is 11.1. The summed E-state index contributed by atoms with van der Waals surface area (Å²) in [6.07, 6.45) is 0. The van der Waals surface area contributed by atoms with Crippen LogP contribution in [-0.4, -0.2) is 13.1 Å². The Hall–Kier alpha value is -1.04. The fourth-order valence-electron chi connectivity index (χ4n) is 1.86. The molecule has 0 atom stereocenters. The molecule has 0 aliphatic carbocycles. The SMILES string of the molecule is COC(=O)c1cc(Br)cc(Br)c1NCc1cccc(Cl)c1. The summed E-state index contributed by atoms with van der Waals surface area (Å²) in [6, 6.07) is 11.1. The lowest BCUT2D eigenvalue weighted by atomic mass is 10.1. The standard InChI is InChI=1S/C15H12Br2ClNO2/c1-21-15(20)12-6-10(16)7-13(17)14(12)19-8-9-3-2-4-11(18)5-9/h2-7,19H,8H2,1H3. The lowest BCUT2D eigenvalue weighted by Gasteiger charge is -2.14. The molecule has 0 aliphatic heterocycles. The number of ether oxygens (including phenoxy) is 1. The van der Waals surface area contributed by atoms with Crippen LogP contribution in [0.2, 0.25) is 5.02 Å². The van der Waals surface area contributed by atoms with Crippen LogP contribution in [0.5, 0.6) is 0 Å². The highest BCUT2D eigenvalue weighted by atomic mass is 79.9. The molecule has 0 saturated heterocycles. The van der Waals surface area contributed by atoms with Gasteiger partial charge in [0.05, 0.1) is 18.4 Å². The smallest absolute Gasteiger partial charge is 0.340 e. The number of carbonyl (C=O) groups is 1. The minimum absolute atomic E-state index is 0.398. The number of anilines is 1. The Kier molecular flexibility index (Phi) is 5.67. The van der Waals surface area contributed by atoms with Gasteiger partial charge in [-0.05, 0) is 45.8 Å². The summed E-state index contributed by atoms with van der Waals surface area (Å²) in [5.74, 6) is -0.398. The van der Waals surface area contributed by atoms with E-state index in [0.717, 1.165) is 14.5 Å². The van der Waals surface area contributed by atoms with Gasteiger partial charge in [-0.3, -0.25) is 0 Å². The quantitative estimate of drug-likeness (QED) is 0.668. The third-order valence-corrected chi connectivity index (χ3v) is 4.14. The van der Waals surface area contributed by atoms with Gasteiger partial charge in [-0.15, -0.1) is 0 Å². The molecular weight excluding hydrogens is 421 g/mol. The molecule has 0 bridgehead atoms. The van der Waals surface area contributed by atoms with Crippen LogP contribution in [0, 0.1) is 0 Å². The van der Waals surface area contributed by atoms with Crippen LogP contribution in [-0.2, 0) is 11.3 Å². The van der Waals surface area contributed by atoms with Crippen molar-refractivity contribution in [1.82, 2.24) is 0 Å². The maximum Gasteiger partial charge on any atom is 0.340 e. The van der Waals surface area contributed by atoms with E-state index in [9.17, 15) is 4.79 Å². The van der Waals surface area contributed by atoms with Crippen LogP contribution in [0.15, 0.2) is 45.3 Å². The van der Waals surface area contributed by atoms with E-state index in [0.29, 0.717) is 22.8 Å². The predicted octanol–water partition coefficient (Wildman–Crippen LogP) is 5.26. The third-order valence-electron chi connectivity index (χ3n) is 2.82. The fourth-order valence-corrected chi connectivity index (χ4v) is 3.44. The van der Waals surface area contributed by atoms with Gasteiger partial charge in [0.2, 0.25) is 0 Å².